The molecule has 2 aliphatic carbocycles. The molecule has 2 aliphatic rings. The standard InChI is InChI=1S/C11H14O2/c1-7(2)8-6-10(12)11(13-3)5-4-9(8)11/h4-7,9H,1-3H3. The van der Waals surface area contributed by atoms with Crippen LogP contribution in [0.3, 0.4) is 0 Å². The third kappa shape index (κ3) is 0.894. The van der Waals surface area contributed by atoms with Crippen LogP contribution in [0.15, 0.2) is 23.8 Å². The molecular weight excluding hydrogens is 164 g/mol. The van der Waals surface area contributed by atoms with E-state index in [4.69, 9.17) is 4.74 Å². The van der Waals surface area contributed by atoms with Gasteiger partial charge < -0.3 is 4.74 Å². The van der Waals surface area contributed by atoms with Crippen molar-refractivity contribution in [1.82, 2.24) is 0 Å². The monoisotopic (exact) mass is 178 g/mol. The minimum absolute atomic E-state index is 0.103. The van der Waals surface area contributed by atoms with E-state index < -0.39 is 5.60 Å². The molecule has 0 N–H and O–H groups in total. The molecule has 13 heavy (non-hydrogen) atoms. The van der Waals surface area contributed by atoms with Gasteiger partial charge in [0.1, 0.15) is 0 Å². The topological polar surface area (TPSA) is 26.3 Å². The van der Waals surface area contributed by atoms with Gasteiger partial charge in [-0.1, -0.05) is 25.5 Å². The fourth-order valence-electron chi connectivity index (χ4n) is 2.14. The lowest BCUT2D eigenvalue weighted by atomic mass is 9.74. The minimum atomic E-state index is -0.625. The van der Waals surface area contributed by atoms with Gasteiger partial charge in [0.2, 0.25) is 0 Å². The van der Waals surface area contributed by atoms with Gasteiger partial charge in [0.25, 0.3) is 0 Å². The second-order valence-electron chi connectivity index (χ2n) is 4.00. The number of fused-ring (bicyclic) bond motifs is 1. The number of ether oxygens (including phenoxy) is 1. The smallest absolute Gasteiger partial charge is 0.192 e. The highest BCUT2D eigenvalue weighted by Crippen LogP contribution is 2.46. The van der Waals surface area contributed by atoms with Crippen molar-refractivity contribution in [3.8, 4) is 0 Å². The van der Waals surface area contributed by atoms with Gasteiger partial charge in [-0.05, 0) is 18.1 Å². The SMILES string of the molecule is COC12C=CC1C(C(C)C)=CC2=O. The van der Waals surface area contributed by atoms with E-state index in [9.17, 15) is 4.79 Å². The van der Waals surface area contributed by atoms with E-state index in [1.54, 1.807) is 13.2 Å². The summed E-state index contributed by atoms with van der Waals surface area (Å²) >= 11 is 0. The van der Waals surface area contributed by atoms with Gasteiger partial charge in [-0.25, -0.2) is 0 Å². The summed E-state index contributed by atoms with van der Waals surface area (Å²) in [6, 6.07) is 0. The summed E-state index contributed by atoms with van der Waals surface area (Å²) in [7, 11) is 1.60. The van der Waals surface area contributed by atoms with Crippen molar-refractivity contribution in [2.24, 2.45) is 11.8 Å². The van der Waals surface area contributed by atoms with Gasteiger partial charge in [0, 0.05) is 13.0 Å². The van der Waals surface area contributed by atoms with Gasteiger partial charge in [-0.3, -0.25) is 4.79 Å². The zero-order chi connectivity index (χ0) is 9.64. The van der Waals surface area contributed by atoms with Gasteiger partial charge in [-0.15, -0.1) is 0 Å². The number of methoxy groups -OCH3 is 1. The van der Waals surface area contributed by atoms with Crippen molar-refractivity contribution < 1.29 is 9.53 Å². The lowest BCUT2D eigenvalue weighted by Crippen LogP contribution is -2.46. The summed E-state index contributed by atoms with van der Waals surface area (Å²) in [5.74, 6) is 0.729. The molecule has 0 saturated carbocycles. The Morgan fingerprint density at radius 1 is 1.54 bits per heavy atom. The highest BCUT2D eigenvalue weighted by molar-refractivity contribution is 6.04. The van der Waals surface area contributed by atoms with Crippen LogP contribution in [0, 0.1) is 11.8 Å². The maximum Gasteiger partial charge on any atom is 0.192 e. The molecule has 2 atom stereocenters. The van der Waals surface area contributed by atoms with E-state index in [1.165, 1.54) is 5.57 Å². The van der Waals surface area contributed by atoms with Crippen LogP contribution in [0.25, 0.3) is 0 Å². The van der Waals surface area contributed by atoms with E-state index in [0.717, 1.165) is 0 Å². The molecule has 0 bridgehead atoms. The number of rotatable bonds is 2. The number of ketones is 1. The molecule has 70 valence electrons. The number of carbonyl (C=O) groups excluding carboxylic acids is 1. The minimum Gasteiger partial charge on any atom is -0.365 e. The van der Waals surface area contributed by atoms with Crippen LogP contribution in [-0.2, 0) is 9.53 Å². The molecule has 0 spiro atoms. The number of hydrogen-bond acceptors (Lipinski definition) is 2. The van der Waals surface area contributed by atoms with Gasteiger partial charge in [-0.2, -0.15) is 0 Å². The second-order valence-corrected chi connectivity index (χ2v) is 4.00. The van der Waals surface area contributed by atoms with Crippen molar-refractivity contribution in [1.29, 1.82) is 0 Å². The molecular formula is C11H14O2. The van der Waals surface area contributed by atoms with Crippen molar-refractivity contribution in [3.63, 3.8) is 0 Å². The highest BCUT2D eigenvalue weighted by atomic mass is 16.5. The van der Waals surface area contributed by atoms with Gasteiger partial charge >= 0.3 is 0 Å². The number of hydrogen-bond donors (Lipinski definition) is 0. The largest absolute Gasteiger partial charge is 0.365 e. The Bertz CT molecular complexity index is 312. The van der Waals surface area contributed by atoms with Crippen molar-refractivity contribution >= 4 is 5.78 Å². The van der Waals surface area contributed by atoms with Crippen LogP contribution in [-0.4, -0.2) is 18.5 Å². The Labute approximate surface area is 78.3 Å². The van der Waals surface area contributed by atoms with Crippen LogP contribution in [0.4, 0.5) is 0 Å². The lowest BCUT2D eigenvalue weighted by molar-refractivity contribution is -0.133. The predicted octanol–water partition coefficient (Wildman–Crippen LogP) is 1.72. The van der Waals surface area contributed by atoms with E-state index in [2.05, 4.69) is 19.9 Å². The first-order valence-corrected chi connectivity index (χ1v) is 4.62. The molecule has 2 rings (SSSR count). The summed E-state index contributed by atoms with van der Waals surface area (Å²) < 4.78 is 5.30. The van der Waals surface area contributed by atoms with E-state index >= 15 is 0 Å². The first-order valence-electron chi connectivity index (χ1n) is 4.62. The Kier molecular flexibility index (Phi) is 1.70. The molecule has 2 heteroatoms. The van der Waals surface area contributed by atoms with Crippen LogP contribution < -0.4 is 0 Å². The quantitative estimate of drug-likeness (QED) is 0.602. The zero-order valence-electron chi connectivity index (χ0n) is 8.20. The zero-order valence-corrected chi connectivity index (χ0v) is 8.20. The third-order valence-electron chi connectivity index (χ3n) is 3.04. The lowest BCUT2D eigenvalue weighted by Gasteiger charge is -2.37. The highest BCUT2D eigenvalue weighted by Gasteiger charge is 2.53. The summed E-state index contributed by atoms with van der Waals surface area (Å²) in [6.07, 6.45) is 5.67. The third-order valence-corrected chi connectivity index (χ3v) is 3.04. The molecule has 0 aliphatic heterocycles. The van der Waals surface area contributed by atoms with E-state index in [0.29, 0.717) is 5.92 Å². The van der Waals surface area contributed by atoms with Crippen molar-refractivity contribution in [2.45, 2.75) is 19.4 Å². The molecule has 0 aromatic carbocycles. The fourth-order valence-corrected chi connectivity index (χ4v) is 2.14. The fraction of sp³-hybridized carbons (Fsp3) is 0.545. The molecule has 0 heterocycles. The maximum atomic E-state index is 11.7. The van der Waals surface area contributed by atoms with Crippen LogP contribution in [0.1, 0.15) is 13.8 Å². The van der Waals surface area contributed by atoms with Crippen molar-refractivity contribution in [2.75, 3.05) is 7.11 Å². The van der Waals surface area contributed by atoms with Crippen LogP contribution >= 0.6 is 0 Å². The Balaban J connectivity index is 2.36. The molecule has 0 fully saturated rings. The average Bonchev–Trinajstić information content (AvgIpc) is 2.20. The predicted molar refractivity (Wildman–Crippen MR) is 50.3 cm³/mol. The summed E-state index contributed by atoms with van der Waals surface area (Å²) in [4.78, 5) is 11.7. The Morgan fingerprint density at radius 3 is 2.54 bits per heavy atom. The van der Waals surface area contributed by atoms with Gasteiger partial charge in [0.15, 0.2) is 11.4 Å². The Hall–Kier alpha value is -0.890. The summed E-state index contributed by atoms with van der Waals surface area (Å²) in [6.45, 7) is 4.22. The normalized spacial score (nSPS) is 36.2. The summed E-state index contributed by atoms with van der Waals surface area (Å²) in [5.41, 5.74) is 0.578. The molecule has 0 aromatic heterocycles. The van der Waals surface area contributed by atoms with E-state index in [-0.39, 0.29) is 11.7 Å². The molecule has 2 unspecified atom stereocenters. The first kappa shape index (κ1) is 8.70. The van der Waals surface area contributed by atoms with Gasteiger partial charge in [0.05, 0.1) is 0 Å². The summed E-state index contributed by atoms with van der Waals surface area (Å²) in [5, 5.41) is 0. The maximum absolute atomic E-state index is 11.7. The molecule has 0 amide bonds. The molecule has 2 nitrogen and oxygen atoms in total. The van der Waals surface area contributed by atoms with Crippen molar-refractivity contribution in [3.05, 3.63) is 23.8 Å². The number of carbonyl (C=O) groups is 1. The molecule has 0 saturated heterocycles. The molecule has 0 aromatic rings. The Morgan fingerprint density at radius 2 is 2.23 bits per heavy atom. The van der Waals surface area contributed by atoms with Crippen LogP contribution in [0.5, 0.6) is 0 Å². The molecule has 0 radical (unpaired) electrons. The first-order chi connectivity index (χ1) is 6.12. The van der Waals surface area contributed by atoms with E-state index in [1.807, 2.05) is 6.08 Å². The average molecular weight is 178 g/mol. The van der Waals surface area contributed by atoms with Crippen LogP contribution in [0.2, 0.25) is 0 Å². The second kappa shape index (κ2) is 2.55.